The van der Waals surface area contributed by atoms with Crippen molar-refractivity contribution in [3.8, 4) is 11.5 Å². The number of rotatable bonds is 9. The van der Waals surface area contributed by atoms with E-state index in [0.717, 1.165) is 24.2 Å². The van der Waals surface area contributed by atoms with Crippen molar-refractivity contribution in [2.45, 2.75) is 52.7 Å². The van der Waals surface area contributed by atoms with E-state index in [-0.39, 0.29) is 12.0 Å². The first-order valence-corrected chi connectivity index (χ1v) is 9.69. The van der Waals surface area contributed by atoms with Gasteiger partial charge in [-0.25, -0.2) is 0 Å². The van der Waals surface area contributed by atoms with Crippen LogP contribution in [-0.4, -0.2) is 24.7 Å². The zero-order valence-corrected chi connectivity index (χ0v) is 17.2. The molecule has 1 amide bonds. The maximum absolute atomic E-state index is 12.2. The molecule has 0 fully saturated rings. The highest BCUT2D eigenvalue weighted by Crippen LogP contribution is 2.22. The van der Waals surface area contributed by atoms with Crippen LogP contribution >= 0.6 is 11.6 Å². The number of ether oxygens (including phenoxy) is 2. The molecule has 0 saturated heterocycles. The van der Waals surface area contributed by atoms with Gasteiger partial charge in [0.05, 0.1) is 6.10 Å². The molecule has 1 N–H and O–H groups in total. The van der Waals surface area contributed by atoms with Gasteiger partial charge >= 0.3 is 0 Å². The topological polar surface area (TPSA) is 47.6 Å². The minimum Gasteiger partial charge on any atom is -0.491 e. The summed E-state index contributed by atoms with van der Waals surface area (Å²) in [5, 5.41) is 3.61. The lowest BCUT2D eigenvalue weighted by molar-refractivity contribution is -0.127. The highest BCUT2D eigenvalue weighted by molar-refractivity contribution is 6.31. The molecule has 0 spiro atoms. The summed E-state index contributed by atoms with van der Waals surface area (Å²) in [6.45, 7) is 8.27. The maximum Gasteiger partial charge on any atom is 0.260 e. The fourth-order valence-electron chi connectivity index (χ4n) is 2.60. The average Bonchev–Trinajstić information content (AvgIpc) is 2.62. The van der Waals surface area contributed by atoms with Crippen LogP contribution in [0.3, 0.4) is 0 Å². The molecule has 0 aliphatic rings. The Balaban J connectivity index is 1.71. The van der Waals surface area contributed by atoms with E-state index in [4.69, 9.17) is 21.1 Å². The van der Waals surface area contributed by atoms with Crippen LogP contribution in [0.25, 0.3) is 0 Å². The second-order valence-electron chi connectivity index (χ2n) is 6.88. The van der Waals surface area contributed by atoms with Crippen LogP contribution in [0.1, 0.15) is 38.3 Å². The molecule has 1 unspecified atom stereocenters. The van der Waals surface area contributed by atoms with E-state index in [1.807, 2.05) is 39.0 Å². The lowest BCUT2D eigenvalue weighted by Crippen LogP contribution is -2.36. The van der Waals surface area contributed by atoms with E-state index in [1.165, 1.54) is 5.56 Å². The van der Waals surface area contributed by atoms with Gasteiger partial charge in [-0.2, -0.15) is 0 Å². The largest absolute Gasteiger partial charge is 0.491 e. The Morgan fingerprint density at radius 3 is 2.33 bits per heavy atom. The van der Waals surface area contributed by atoms with Crippen LogP contribution in [0, 0.1) is 6.92 Å². The van der Waals surface area contributed by atoms with Crippen LogP contribution in [0.5, 0.6) is 11.5 Å². The van der Waals surface area contributed by atoms with Crippen LogP contribution in [-0.2, 0) is 11.2 Å². The van der Waals surface area contributed by atoms with Crippen LogP contribution < -0.4 is 14.8 Å². The predicted molar refractivity (Wildman–Crippen MR) is 110 cm³/mol. The Morgan fingerprint density at radius 1 is 1.04 bits per heavy atom. The van der Waals surface area contributed by atoms with Gasteiger partial charge in [0.25, 0.3) is 5.91 Å². The number of aryl methyl sites for hydroxylation is 2. The van der Waals surface area contributed by atoms with E-state index < -0.39 is 6.10 Å². The third-order valence-corrected chi connectivity index (χ3v) is 4.47. The molecule has 0 bridgehead atoms. The van der Waals surface area contributed by atoms with Crippen molar-refractivity contribution in [3.05, 3.63) is 58.6 Å². The number of hydrogen-bond acceptors (Lipinski definition) is 3. The predicted octanol–water partition coefficient (Wildman–Crippen LogP) is 4.95. The smallest absolute Gasteiger partial charge is 0.260 e. The maximum atomic E-state index is 12.2. The molecule has 2 aromatic rings. The highest BCUT2D eigenvalue weighted by Gasteiger charge is 2.14. The van der Waals surface area contributed by atoms with Crippen molar-refractivity contribution >= 4 is 17.5 Å². The molecule has 0 aromatic heterocycles. The Morgan fingerprint density at radius 2 is 1.70 bits per heavy atom. The molecule has 0 aliphatic heterocycles. The van der Waals surface area contributed by atoms with E-state index in [0.29, 0.717) is 17.3 Å². The van der Waals surface area contributed by atoms with Crippen molar-refractivity contribution in [3.63, 3.8) is 0 Å². The molecule has 27 heavy (non-hydrogen) atoms. The highest BCUT2D eigenvalue weighted by atomic mass is 35.5. The molecule has 2 rings (SSSR count). The molecule has 146 valence electrons. The molecule has 0 saturated carbocycles. The summed E-state index contributed by atoms with van der Waals surface area (Å²) in [6.07, 6.45) is 1.38. The van der Waals surface area contributed by atoms with Gasteiger partial charge < -0.3 is 14.8 Å². The normalized spacial score (nSPS) is 11.9. The molecular weight excluding hydrogens is 362 g/mol. The zero-order chi connectivity index (χ0) is 19.8. The number of hydrogen-bond donors (Lipinski definition) is 1. The summed E-state index contributed by atoms with van der Waals surface area (Å²) in [4.78, 5) is 12.2. The van der Waals surface area contributed by atoms with Gasteiger partial charge in [0, 0.05) is 11.6 Å². The van der Waals surface area contributed by atoms with Gasteiger partial charge in [0.2, 0.25) is 0 Å². The lowest BCUT2D eigenvalue weighted by atomic mass is 10.1. The number of benzene rings is 2. The van der Waals surface area contributed by atoms with Crippen LogP contribution in [0.4, 0.5) is 0 Å². The van der Waals surface area contributed by atoms with Gasteiger partial charge in [-0.05, 0) is 82.0 Å². The minimum absolute atomic E-state index is 0.122. The quantitative estimate of drug-likeness (QED) is 0.617. The Hall–Kier alpha value is -2.20. The third kappa shape index (κ3) is 7.14. The third-order valence-electron chi connectivity index (χ3n) is 4.05. The number of carbonyl (C=O) groups is 1. The van der Waals surface area contributed by atoms with Crippen molar-refractivity contribution in [2.75, 3.05) is 6.54 Å². The van der Waals surface area contributed by atoms with Crippen LogP contribution in [0.15, 0.2) is 42.5 Å². The van der Waals surface area contributed by atoms with Gasteiger partial charge in [-0.15, -0.1) is 0 Å². The average molecular weight is 390 g/mol. The van der Waals surface area contributed by atoms with E-state index in [2.05, 4.69) is 17.4 Å². The lowest BCUT2D eigenvalue weighted by Gasteiger charge is -2.15. The monoisotopic (exact) mass is 389 g/mol. The summed E-state index contributed by atoms with van der Waals surface area (Å²) < 4.78 is 11.3. The first-order chi connectivity index (χ1) is 12.8. The van der Waals surface area contributed by atoms with Crippen LogP contribution in [0.2, 0.25) is 5.02 Å². The Bertz CT molecular complexity index is 744. The molecule has 0 aliphatic carbocycles. The zero-order valence-electron chi connectivity index (χ0n) is 16.4. The first kappa shape index (κ1) is 21.1. The summed E-state index contributed by atoms with van der Waals surface area (Å²) in [7, 11) is 0. The summed E-state index contributed by atoms with van der Waals surface area (Å²) >= 11 is 6.00. The van der Waals surface area contributed by atoms with Crippen molar-refractivity contribution in [2.24, 2.45) is 0 Å². The molecule has 5 heteroatoms. The number of halogens is 1. The number of nitrogens with one attached hydrogen (secondary N) is 1. The van der Waals surface area contributed by atoms with Gasteiger partial charge in [0.15, 0.2) is 6.10 Å². The standard InChI is InChI=1S/C22H28ClNO3/c1-15(2)26-19-9-7-18(8-10-19)6-5-13-24-22(25)17(4)27-20-11-12-21(23)16(3)14-20/h7-12,14-15,17H,5-6,13H2,1-4H3,(H,24,25). The number of carbonyl (C=O) groups excluding carboxylic acids is 1. The second kappa shape index (κ2) is 10.2. The summed E-state index contributed by atoms with van der Waals surface area (Å²) in [5.74, 6) is 1.40. The summed E-state index contributed by atoms with van der Waals surface area (Å²) in [6, 6.07) is 13.5. The fraction of sp³-hybridized carbons (Fsp3) is 0.409. The second-order valence-corrected chi connectivity index (χ2v) is 7.28. The molecular formula is C22H28ClNO3. The van der Waals surface area contributed by atoms with E-state index >= 15 is 0 Å². The molecule has 1 atom stereocenters. The molecule has 0 radical (unpaired) electrons. The van der Waals surface area contributed by atoms with Gasteiger partial charge in [0.1, 0.15) is 11.5 Å². The molecule has 2 aromatic carbocycles. The van der Waals surface area contributed by atoms with Gasteiger partial charge in [-0.3, -0.25) is 4.79 Å². The van der Waals surface area contributed by atoms with E-state index in [9.17, 15) is 4.79 Å². The van der Waals surface area contributed by atoms with E-state index in [1.54, 1.807) is 19.1 Å². The summed E-state index contributed by atoms with van der Waals surface area (Å²) in [5.41, 5.74) is 2.15. The molecule has 4 nitrogen and oxygen atoms in total. The Kier molecular flexibility index (Phi) is 7.99. The molecule has 0 heterocycles. The van der Waals surface area contributed by atoms with Crippen molar-refractivity contribution in [1.82, 2.24) is 5.32 Å². The van der Waals surface area contributed by atoms with Gasteiger partial charge in [-0.1, -0.05) is 23.7 Å². The van der Waals surface area contributed by atoms with Crippen molar-refractivity contribution in [1.29, 1.82) is 0 Å². The SMILES string of the molecule is Cc1cc(OC(C)C(=O)NCCCc2ccc(OC(C)C)cc2)ccc1Cl. The fourth-order valence-corrected chi connectivity index (χ4v) is 2.72. The first-order valence-electron chi connectivity index (χ1n) is 9.31. The Labute approximate surface area is 166 Å². The minimum atomic E-state index is -0.557. The number of amides is 1. The van der Waals surface area contributed by atoms with Crippen molar-refractivity contribution < 1.29 is 14.3 Å².